The Morgan fingerprint density at radius 2 is 2.04 bits per heavy atom. The number of halogens is 1. The Balaban J connectivity index is 1.32. The molecule has 146 valence electrons. The Bertz CT molecular complexity index is 873. The molecule has 0 amide bonds. The van der Waals surface area contributed by atoms with Crippen LogP contribution in [-0.2, 0) is 0 Å². The van der Waals surface area contributed by atoms with Crippen LogP contribution in [0, 0.1) is 17.7 Å². The van der Waals surface area contributed by atoms with Crippen LogP contribution < -0.4 is 10.5 Å². The van der Waals surface area contributed by atoms with Gasteiger partial charge in [0.25, 0.3) is 0 Å². The van der Waals surface area contributed by atoms with Crippen molar-refractivity contribution >= 4 is 11.7 Å². The number of ether oxygens (including phenoxy) is 1. The minimum atomic E-state index is -0.279. The summed E-state index contributed by atoms with van der Waals surface area (Å²) in [5, 5.41) is 0. The molecular weight excluding hydrogens is 355 g/mol. The lowest BCUT2D eigenvalue weighted by atomic mass is 9.83. The van der Waals surface area contributed by atoms with Crippen LogP contribution in [-0.4, -0.2) is 34.8 Å². The van der Waals surface area contributed by atoms with Crippen LogP contribution in [0.3, 0.4) is 0 Å². The van der Waals surface area contributed by atoms with Gasteiger partial charge in [0.15, 0.2) is 0 Å². The first-order valence-electron chi connectivity index (χ1n) is 10.2. The molecule has 2 N–H and O–H groups in total. The van der Waals surface area contributed by atoms with Gasteiger partial charge in [-0.3, -0.25) is 4.99 Å². The molecule has 0 radical (unpaired) electrons. The fourth-order valence-electron chi connectivity index (χ4n) is 4.58. The Kier molecular flexibility index (Phi) is 4.41. The number of aliphatic imine (C=N–C) groups is 2. The van der Waals surface area contributed by atoms with Crippen molar-refractivity contribution in [2.45, 2.75) is 50.3 Å². The molecule has 0 aromatic heterocycles. The predicted molar refractivity (Wildman–Crippen MR) is 108 cm³/mol. The summed E-state index contributed by atoms with van der Waals surface area (Å²) in [6.07, 6.45) is 13.6. The Morgan fingerprint density at radius 3 is 2.75 bits per heavy atom. The van der Waals surface area contributed by atoms with Gasteiger partial charge in [-0.25, -0.2) is 9.38 Å². The van der Waals surface area contributed by atoms with E-state index in [4.69, 9.17) is 15.5 Å². The zero-order valence-corrected chi connectivity index (χ0v) is 15.7. The molecule has 2 aliphatic heterocycles. The Morgan fingerprint density at radius 1 is 1.14 bits per heavy atom. The summed E-state index contributed by atoms with van der Waals surface area (Å²) in [7, 11) is 0. The largest absolute Gasteiger partial charge is 0.486 e. The van der Waals surface area contributed by atoms with Crippen molar-refractivity contribution in [3.63, 3.8) is 0 Å². The predicted octanol–water partition coefficient (Wildman–Crippen LogP) is 3.63. The standard InChI is InChI=1S/C22H25FN4O/c23-16-5-2-6-18(13-16)28-17-9-7-14(8-10-17)19-20-21(24)25-11-12-27(20)22(26-19)15-3-1-4-15/h2,5-7,9,11-15,17,19-20H,1,3-4,8,10H2,(H2,24,25). The first-order chi connectivity index (χ1) is 13.7. The average Bonchev–Trinajstić information content (AvgIpc) is 3.02. The first-order valence-corrected chi connectivity index (χ1v) is 10.2. The Labute approximate surface area is 164 Å². The van der Waals surface area contributed by atoms with Crippen molar-refractivity contribution in [2.75, 3.05) is 0 Å². The SMILES string of the molecule is NC1=NC=CN2C(C3CCC3)=NC(C3C=CC(Oc4cccc(F)c4)CC3)C12. The van der Waals surface area contributed by atoms with Gasteiger partial charge in [0.1, 0.15) is 35.4 Å². The van der Waals surface area contributed by atoms with E-state index in [0.717, 1.165) is 12.8 Å². The number of nitrogens with two attached hydrogens (primary N) is 1. The fourth-order valence-corrected chi connectivity index (χ4v) is 4.58. The molecule has 0 spiro atoms. The molecule has 0 bridgehead atoms. The highest BCUT2D eigenvalue weighted by Crippen LogP contribution is 2.38. The topological polar surface area (TPSA) is 63.2 Å². The van der Waals surface area contributed by atoms with E-state index < -0.39 is 0 Å². The number of rotatable bonds is 4. The second-order valence-corrected chi connectivity index (χ2v) is 8.05. The maximum atomic E-state index is 13.4. The summed E-state index contributed by atoms with van der Waals surface area (Å²) < 4.78 is 19.3. The molecule has 6 heteroatoms. The zero-order chi connectivity index (χ0) is 19.1. The molecular formula is C22H25FN4O. The highest BCUT2D eigenvalue weighted by molar-refractivity contribution is 5.98. The van der Waals surface area contributed by atoms with Gasteiger partial charge in [0, 0.05) is 30.3 Å². The van der Waals surface area contributed by atoms with Crippen molar-refractivity contribution in [1.82, 2.24) is 4.90 Å². The number of hydrogen-bond donors (Lipinski definition) is 1. The van der Waals surface area contributed by atoms with Crippen molar-refractivity contribution in [3.05, 3.63) is 54.6 Å². The number of benzene rings is 1. The molecule has 2 heterocycles. The molecule has 5 rings (SSSR count). The lowest BCUT2D eigenvalue weighted by Gasteiger charge is -2.35. The van der Waals surface area contributed by atoms with Gasteiger partial charge in [-0.15, -0.1) is 0 Å². The number of fused-ring (bicyclic) bond motifs is 1. The number of nitrogens with zero attached hydrogens (tertiary/aromatic N) is 3. The summed E-state index contributed by atoms with van der Waals surface area (Å²) >= 11 is 0. The summed E-state index contributed by atoms with van der Waals surface area (Å²) in [5.41, 5.74) is 6.28. The molecule has 4 atom stereocenters. The maximum absolute atomic E-state index is 13.4. The summed E-state index contributed by atoms with van der Waals surface area (Å²) in [6.45, 7) is 0. The normalized spacial score (nSPS) is 31.8. The van der Waals surface area contributed by atoms with Crippen LogP contribution >= 0.6 is 0 Å². The monoisotopic (exact) mass is 380 g/mol. The van der Waals surface area contributed by atoms with Crippen molar-refractivity contribution in [3.8, 4) is 5.75 Å². The molecule has 4 unspecified atom stereocenters. The second kappa shape index (κ2) is 7.08. The van der Waals surface area contributed by atoms with Crippen molar-refractivity contribution < 1.29 is 9.13 Å². The van der Waals surface area contributed by atoms with E-state index in [0.29, 0.717) is 23.4 Å². The van der Waals surface area contributed by atoms with E-state index in [9.17, 15) is 4.39 Å². The fraction of sp³-hybridized carbons (Fsp3) is 0.455. The zero-order valence-electron chi connectivity index (χ0n) is 15.7. The minimum Gasteiger partial charge on any atom is -0.486 e. The third-order valence-corrected chi connectivity index (χ3v) is 6.27. The van der Waals surface area contributed by atoms with Crippen LogP contribution in [0.1, 0.15) is 32.1 Å². The van der Waals surface area contributed by atoms with Gasteiger partial charge in [0.2, 0.25) is 0 Å². The molecule has 1 saturated carbocycles. The van der Waals surface area contributed by atoms with Crippen LogP contribution in [0.25, 0.3) is 0 Å². The molecule has 0 saturated heterocycles. The van der Waals surface area contributed by atoms with E-state index in [-0.39, 0.29) is 24.0 Å². The molecule has 1 fully saturated rings. The third kappa shape index (κ3) is 3.11. The second-order valence-electron chi connectivity index (χ2n) is 8.05. The van der Waals surface area contributed by atoms with Crippen LogP contribution in [0.4, 0.5) is 4.39 Å². The third-order valence-electron chi connectivity index (χ3n) is 6.27. The molecule has 1 aromatic carbocycles. The van der Waals surface area contributed by atoms with Gasteiger partial charge in [0.05, 0.1) is 6.04 Å². The summed E-state index contributed by atoms with van der Waals surface area (Å²) in [6, 6.07) is 6.43. The van der Waals surface area contributed by atoms with E-state index in [1.807, 2.05) is 6.20 Å². The molecule has 28 heavy (non-hydrogen) atoms. The number of hydrogen-bond acceptors (Lipinski definition) is 5. The quantitative estimate of drug-likeness (QED) is 0.812. The van der Waals surface area contributed by atoms with Gasteiger partial charge < -0.3 is 15.4 Å². The smallest absolute Gasteiger partial charge is 0.126 e. The van der Waals surface area contributed by atoms with Gasteiger partial charge in [-0.2, -0.15) is 0 Å². The number of amidine groups is 2. The van der Waals surface area contributed by atoms with Crippen LogP contribution in [0.15, 0.2) is 58.8 Å². The lowest BCUT2D eigenvalue weighted by Crippen LogP contribution is -2.50. The maximum Gasteiger partial charge on any atom is 0.126 e. The highest BCUT2D eigenvalue weighted by Gasteiger charge is 2.45. The summed E-state index contributed by atoms with van der Waals surface area (Å²) in [4.78, 5) is 11.7. The lowest BCUT2D eigenvalue weighted by molar-refractivity contribution is 0.211. The van der Waals surface area contributed by atoms with Crippen LogP contribution in [0.5, 0.6) is 5.75 Å². The van der Waals surface area contributed by atoms with E-state index >= 15 is 0 Å². The molecule has 4 aliphatic rings. The van der Waals surface area contributed by atoms with E-state index in [1.165, 1.54) is 37.2 Å². The van der Waals surface area contributed by atoms with E-state index in [1.54, 1.807) is 18.3 Å². The van der Waals surface area contributed by atoms with Gasteiger partial charge >= 0.3 is 0 Å². The molecule has 2 aliphatic carbocycles. The van der Waals surface area contributed by atoms with Gasteiger partial charge in [-0.1, -0.05) is 18.6 Å². The molecule has 5 nitrogen and oxygen atoms in total. The molecule has 1 aromatic rings. The minimum absolute atomic E-state index is 0.0240. The Hall–Kier alpha value is -2.63. The van der Waals surface area contributed by atoms with E-state index in [2.05, 4.69) is 22.0 Å². The van der Waals surface area contributed by atoms with Crippen molar-refractivity contribution in [1.29, 1.82) is 0 Å². The summed E-state index contributed by atoms with van der Waals surface area (Å²) in [5.74, 6) is 2.98. The van der Waals surface area contributed by atoms with Crippen LogP contribution in [0.2, 0.25) is 0 Å². The van der Waals surface area contributed by atoms with Gasteiger partial charge in [-0.05, 0) is 43.9 Å². The average molecular weight is 380 g/mol. The first kappa shape index (κ1) is 17.5. The highest BCUT2D eigenvalue weighted by atomic mass is 19.1. The van der Waals surface area contributed by atoms with Crippen molar-refractivity contribution in [2.24, 2.45) is 27.6 Å².